The summed E-state index contributed by atoms with van der Waals surface area (Å²) in [6, 6.07) is 8.32. The predicted octanol–water partition coefficient (Wildman–Crippen LogP) is 3.19. The van der Waals surface area contributed by atoms with Gasteiger partial charge in [-0.2, -0.15) is 4.98 Å². The van der Waals surface area contributed by atoms with Crippen LogP contribution in [-0.4, -0.2) is 21.0 Å². The Labute approximate surface area is 126 Å². The number of nitrogens with one attached hydrogen (secondary N) is 1. The number of aromatic nitrogens is 2. The molecule has 0 saturated heterocycles. The van der Waals surface area contributed by atoms with Crippen molar-refractivity contribution in [3.8, 4) is 17.2 Å². The summed E-state index contributed by atoms with van der Waals surface area (Å²) in [5, 5.41) is 12.9. The first kappa shape index (κ1) is 14.1. The largest absolute Gasteiger partial charge is 0.507 e. The lowest BCUT2D eigenvalue weighted by atomic mass is 10.1. The van der Waals surface area contributed by atoms with Crippen LogP contribution in [0.3, 0.4) is 0 Å². The van der Waals surface area contributed by atoms with E-state index in [-0.39, 0.29) is 23.5 Å². The summed E-state index contributed by atoms with van der Waals surface area (Å²) in [6.07, 6.45) is 1.62. The van der Waals surface area contributed by atoms with E-state index in [1.807, 2.05) is 0 Å². The highest BCUT2D eigenvalue weighted by Crippen LogP contribution is 2.32. The van der Waals surface area contributed by atoms with Gasteiger partial charge in [0.25, 0.3) is 0 Å². The molecule has 1 amide bonds. The van der Waals surface area contributed by atoms with Crippen LogP contribution < -0.4 is 5.32 Å². The van der Waals surface area contributed by atoms with Gasteiger partial charge in [0.1, 0.15) is 5.75 Å². The number of carbonyl (C=O) groups excluding carboxylic acids is 1. The van der Waals surface area contributed by atoms with Gasteiger partial charge in [-0.3, -0.25) is 4.79 Å². The number of rotatable bonds is 3. The summed E-state index contributed by atoms with van der Waals surface area (Å²) in [7, 11) is 0. The van der Waals surface area contributed by atoms with Crippen molar-refractivity contribution in [3.63, 3.8) is 0 Å². The van der Waals surface area contributed by atoms with Crippen LogP contribution >= 0.6 is 0 Å². The van der Waals surface area contributed by atoms with Crippen LogP contribution in [0.25, 0.3) is 22.7 Å². The van der Waals surface area contributed by atoms with Gasteiger partial charge >= 0.3 is 0 Å². The van der Waals surface area contributed by atoms with E-state index in [2.05, 4.69) is 15.3 Å². The summed E-state index contributed by atoms with van der Waals surface area (Å²) in [6.45, 7) is 3.60. The Balaban J connectivity index is 1.93. The fourth-order valence-electron chi connectivity index (χ4n) is 1.96. The van der Waals surface area contributed by atoms with Crippen LogP contribution in [0.5, 0.6) is 5.75 Å². The molecule has 2 heterocycles. The number of phenols is 1. The molecule has 1 aromatic carbocycles. The minimum absolute atomic E-state index is 0.0203. The van der Waals surface area contributed by atoms with Crippen molar-refractivity contribution in [2.45, 2.75) is 13.8 Å². The molecule has 22 heavy (non-hydrogen) atoms. The molecule has 2 aromatic heterocycles. The van der Waals surface area contributed by atoms with Gasteiger partial charge in [0.05, 0.1) is 5.56 Å². The van der Waals surface area contributed by atoms with Crippen LogP contribution in [0.15, 0.2) is 40.9 Å². The highest BCUT2D eigenvalue weighted by atomic mass is 16.4. The van der Waals surface area contributed by atoms with Gasteiger partial charge in [-0.25, -0.2) is 4.98 Å². The van der Waals surface area contributed by atoms with Crippen LogP contribution in [0, 0.1) is 5.92 Å². The van der Waals surface area contributed by atoms with Crippen molar-refractivity contribution in [2.24, 2.45) is 5.92 Å². The fraction of sp³-hybridized carbons (Fsp3) is 0.188. The zero-order valence-electron chi connectivity index (χ0n) is 12.2. The van der Waals surface area contributed by atoms with Crippen molar-refractivity contribution in [1.82, 2.24) is 9.97 Å². The average Bonchev–Trinajstić information content (AvgIpc) is 2.90. The zero-order chi connectivity index (χ0) is 15.7. The molecule has 0 aliphatic heterocycles. The number of nitrogens with zero attached hydrogens (tertiary/aromatic N) is 2. The highest BCUT2D eigenvalue weighted by molar-refractivity contribution is 5.92. The lowest BCUT2D eigenvalue weighted by Crippen LogP contribution is -2.17. The molecule has 6 nitrogen and oxygen atoms in total. The fourth-order valence-corrected chi connectivity index (χ4v) is 1.96. The van der Waals surface area contributed by atoms with E-state index in [0.717, 1.165) is 0 Å². The smallest absolute Gasteiger partial charge is 0.232 e. The molecule has 0 aliphatic rings. The Bertz CT molecular complexity index is 807. The molecule has 0 radical (unpaired) electrons. The first-order chi connectivity index (χ1) is 10.5. The zero-order valence-corrected chi connectivity index (χ0v) is 12.2. The molecule has 112 valence electrons. The standard InChI is InChI=1S/C16H15N3O3/c1-9(2)15(21)18-10-5-6-11(12(20)8-10)16-19-14-13(22-16)4-3-7-17-14/h3-9,20H,1-2H3,(H,18,21). The Morgan fingerprint density at radius 3 is 2.82 bits per heavy atom. The molecule has 0 bridgehead atoms. The third kappa shape index (κ3) is 2.63. The number of amides is 1. The quantitative estimate of drug-likeness (QED) is 0.775. The van der Waals surface area contributed by atoms with E-state index >= 15 is 0 Å². The minimum Gasteiger partial charge on any atom is -0.507 e. The van der Waals surface area contributed by atoms with Gasteiger partial charge in [-0.1, -0.05) is 13.8 Å². The van der Waals surface area contributed by atoms with Gasteiger partial charge in [-0.05, 0) is 24.3 Å². The van der Waals surface area contributed by atoms with Gasteiger partial charge in [0.2, 0.25) is 11.8 Å². The summed E-state index contributed by atoms with van der Waals surface area (Å²) in [5.41, 5.74) is 2.00. The molecule has 3 aromatic rings. The SMILES string of the molecule is CC(C)C(=O)Nc1ccc(-c2nc3ncccc3o2)c(O)c1. The lowest BCUT2D eigenvalue weighted by molar-refractivity contribution is -0.118. The van der Waals surface area contributed by atoms with Gasteiger partial charge in [-0.15, -0.1) is 0 Å². The van der Waals surface area contributed by atoms with E-state index in [9.17, 15) is 9.90 Å². The van der Waals surface area contributed by atoms with Crippen LogP contribution in [-0.2, 0) is 4.79 Å². The van der Waals surface area contributed by atoms with Crippen molar-refractivity contribution in [1.29, 1.82) is 0 Å². The maximum absolute atomic E-state index is 11.7. The second kappa shape index (κ2) is 5.48. The highest BCUT2D eigenvalue weighted by Gasteiger charge is 2.14. The number of pyridine rings is 1. The second-order valence-electron chi connectivity index (χ2n) is 5.22. The van der Waals surface area contributed by atoms with Gasteiger partial charge in [0, 0.05) is 23.9 Å². The summed E-state index contributed by atoms with van der Waals surface area (Å²) < 4.78 is 5.57. The summed E-state index contributed by atoms with van der Waals surface area (Å²) >= 11 is 0. The Morgan fingerprint density at radius 1 is 1.32 bits per heavy atom. The molecule has 0 unspecified atom stereocenters. The molecule has 0 saturated carbocycles. The lowest BCUT2D eigenvalue weighted by Gasteiger charge is -2.09. The number of benzene rings is 1. The molecule has 6 heteroatoms. The van der Waals surface area contributed by atoms with Crippen molar-refractivity contribution in [3.05, 3.63) is 36.5 Å². The summed E-state index contributed by atoms with van der Waals surface area (Å²) in [5.74, 6) is 0.0178. The predicted molar refractivity (Wildman–Crippen MR) is 82.4 cm³/mol. The molecular weight excluding hydrogens is 282 g/mol. The Morgan fingerprint density at radius 2 is 2.14 bits per heavy atom. The van der Waals surface area contributed by atoms with Crippen molar-refractivity contribution in [2.75, 3.05) is 5.32 Å². The van der Waals surface area contributed by atoms with Crippen LogP contribution in [0.2, 0.25) is 0 Å². The molecule has 0 spiro atoms. The maximum Gasteiger partial charge on any atom is 0.232 e. The normalized spacial score (nSPS) is 11.0. The molecule has 0 aliphatic carbocycles. The van der Waals surface area contributed by atoms with E-state index in [1.54, 1.807) is 44.3 Å². The number of carbonyl (C=O) groups is 1. The topological polar surface area (TPSA) is 88.3 Å². The monoisotopic (exact) mass is 297 g/mol. The number of fused-ring (bicyclic) bond motifs is 1. The summed E-state index contributed by atoms with van der Waals surface area (Å²) in [4.78, 5) is 20.0. The van der Waals surface area contributed by atoms with Crippen LogP contribution in [0.1, 0.15) is 13.8 Å². The van der Waals surface area contributed by atoms with E-state index in [0.29, 0.717) is 22.5 Å². The van der Waals surface area contributed by atoms with Gasteiger partial charge in [0.15, 0.2) is 11.2 Å². The first-order valence-electron chi connectivity index (χ1n) is 6.90. The van der Waals surface area contributed by atoms with E-state index in [4.69, 9.17) is 4.42 Å². The number of oxazole rings is 1. The third-order valence-corrected chi connectivity index (χ3v) is 3.19. The molecular formula is C16H15N3O3. The minimum atomic E-state index is -0.134. The molecule has 0 atom stereocenters. The molecule has 3 rings (SSSR count). The average molecular weight is 297 g/mol. The van der Waals surface area contributed by atoms with Crippen molar-refractivity contribution < 1.29 is 14.3 Å². The van der Waals surface area contributed by atoms with Gasteiger partial charge < -0.3 is 14.8 Å². The number of hydrogen-bond acceptors (Lipinski definition) is 5. The number of phenolic OH excluding ortho intramolecular Hbond substituents is 1. The molecule has 0 fully saturated rings. The van der Waals surface area contributed by atoms with E-state index in [1.165, 1.54) is 6.07 Å². The number of aromatic hydroxyl groups is 1. The first-order valence-corrected chi connectivity index (χ1v) is 6.90. The maximum atomic E-state index is 11.7. The third-order valence-electron chi connectivity index (χ3n) is 3.19. The van der Waals surface area contributed by atoms with E-state index < -0.39 is 0 Å². The number of hydrogen-bond donors (Lipinski definition) is 2. The van der Waals surface area contributed by atoms with Crippen molar-refractivity contribution >= 4 is 22.8 Å². The molecule has 2 N–H and O–H groups in total. The number of anilines is 1. The Kier molecular flexibility index (Phi) is 3.50. The second-order valence-corrected chi connectivity index (χ2v) is 5.22. The Hall–Kier alpha value is -2.89. The van der Waals surface area contributed by atoms with Crippen LogP contribution in [0.4, 0.5) is 5.69 Å².